The summed E-state index contributed by atoms with van der Waals surface area (Å²) < 4.78 is 5.90. The van der Waals surface area contributed by atoms with E-state index < -0.39 is 0 Å². The summed E-state index contributed by atoms with van der Waals surface area (Å²) >= 11 is 2.04. The molecule has 0 amide bonds. The SMILES string of the molecule is O=[N+]([O-])c1ccc(C2OCC[C@H]3SCC[C@H]23)cc1. The standard InChI is InChI=1S/C13H15NO3S/c15-14(16)10-3-1-9(2-4-10)13-11-6-8-18-12(11)5-7-17-13/h1-4,11-13H,5-8H2/t11-,12+,13?/m0/s1. The van der Waals surface area contributed by atoms with Gasteiger partial charge in [-0.1, -0.05) is 0 Å². The van der Waals surface area contributed by atoms with E-state index in [2.05, 4.69) is 0 Å². The van der Waals surface area contributed by atoms with Crippen LogP contribution in [0.3, 0.4) is 0 Å². The molecule has 0 saturated carbocycles. The minimum Gasteiger partial charge on any atom is -0.373 e. The van der Waals surface area contributed by atoms with E-state index >= 15 is 0 Å². The summed E-state index contributed by atoms with van der Waals surface area (Å²) in [5.74, 6) is 1.78. The highest BCUT2D eigenvalue weighted by atomic mass is 32.2. The zero-order chi connectivity index (χ0) is 12.5. The van der Waals surface area contributed by atoms with Crippen LogP contribution in [0.1, 0.15) is 24.5 Å². The summed E-state index contributed by atoms with van der Waals surface area (Å²) in [5, 5.41) is 11.3. The minimum absolute atomic E-state index is 0.125. The van der Waals surface area contributed by atoms with Gasteiger partial charge in [0.2, 0.25) is 0 Å². The number of ether oxygens (including phenoxy) is 1. The monoisotopic (exact) mass is 265 g/mol. The number of non-ortho nitro benzene ring substituents is 1. The Hall–Kier alpha value is -1.07. The van der Waals surface area contributed by atoms with Gasteiger partial charge in [-0.15, -0.1) is 0 Å². The molecular weight excluding hydrogens is 250 g/mol. The van der Waals surface area contributed by atoms with Crippen molar-refractivity contribution in [2.45, 2.75) is 24.2 Å². The molecule has 2 fully saturated rings. The zero-order valence-electron chi connectivity index (χ0n) is 9.95. The lowest BCUT2D eigenvalue weighted by molar-refractivity contribution is -0.384. The van der Waals surface area contributed by atoms with Crippen molar-refractivity contribution in [1.29, 1.82) is 0 Å². The van der Waals surface area contributed by atoms with E-state index in [0.717, 1.165) is 18.6 Å². The summed E-state index contributed by atoms with van der Waals surface area (Å²) in [5.41, 5.74) is 1.23. The molecule has 18 heavy (non-hydrogen) atoms. The maximum atomic E-state index is 10.6. The molecule has 1 aromatic carbocycles. The normalized spacial score (nSPS) is 31.0. The molecule has 0 radical (unpaired) electrons. The highest BCUT2D eigenvalue weighted by Crippen LogP contribution is 2.46. The van der Waals surface area contributed by atoms with Crippen LogP contribution in [-0.2, 0) is 4.74 Å². The van der Waals surface area contributed by atoms with E-state index in [1.807, 2.05) is 23.9 Å². The largest absolute Gasteiger partial charge is 0.373 e. The average Bonchev–Trinajstić information content (AvgIpc) is 2.87. The molecular formula is C13H15NO3S. The highest BCUT2D eigenvalue weighted by molar-refractivity contribution is 8.00. The Kier molecular flexibility index (Phi) is 3.26. The van der Waals surface area contributed by atoms with Crippen LogP contribution in [0.25, 0.3) is 0 Å². The number of nitrogens with zero attached hydrogens (tertiary/aromatic N) is 1. The fourth-order valence-electron chi connectivity index (χ4n) is 2.87. The third-order valence-electron chi connectivity index (χ3n) is 3.78. The topological polar surface area (TPSA) is 52.4 Å². The van der Waals surface area contributed by atoms with Crippen LogP contribution in [0.5, 0.6) is 0 Å². The van der Waals surface area contributed by atoms with Gasteiger partial charge in [0.05, 0.1) is 11.0 Å². The van der Waals surface area contributed by atoms with Crippen molar-refractivity contribution in [2.75, 3.05) is 12.4 Å². The van der Waals surface area contributed by atoms with Crippen molar-refractivity contribution in [1.82, 2.24) is 0 Å². The van der Waals surface area contributed by atoms with Gasteiger partial charge in [-0.2, -0.15) is 11.8 Å². The summed E-state index contributed by atoms with van der Waals surface area (Å²) in [6.07, 6.45) is 2.45. The highest BCUT2D eigenvalue weighted by Gasteiger charge is 2.38. The second kappa shape index (κ2) is 4.90. The molecule has 3 rings (SSSR count). The van der Waals surface area contributed by atoms with Gasteiger partial charge in [-0.25, -0.2) is 0 Å². The van der Waals surface area contributed by atoms with Gasteiger partial charge in [-0.3, -0.25) is 10.1 Å². The third-order valence-corrected chi connectivity index (χ3v) is 5.27. The fourth-order valence-corrected chi connectivity index (χ4v) is 4.37. The zero-order valence-corrected chi connectivity index (χ0v) is 10.8. The molecule has 0 spiro atoms. The van der Waals surface area contributed by atoms with Gasteiger partial charge >= 0.3 is 0 Å². The Labute approximate surface area is 110 Å². The average molecular weight is 265 g/mol. The summed E-state index contributed by atoms with van der Waals surface area (Å²) in [7, 11) is 0. The van der Waals surface area contributed by atoms with Crippen LogP contribution in [0.2, 0.25) is 0 Å². The number of rotatable bonds is 2. The first-order chi connectivity index (χ1) is 8.75. The van der Waals surface area contributed by atoms with Crippen molar-refractivity contribution in [2.24, 2.45) is 5.92 Å². The minimum atomic E-state index is -0.361. The molecule has 0 aliphatic carbocycles. The number of benzene rings is 1. The summed E-state index contributed by atoms with van der Waals surface area (Å²) in [4.78, 5) is 10.3. The fraction of sp³-hybridized carbons (Fsp3) is 0.538. The lowest BCUT2D eigenvalue weighted by atomic mass is 9.87. The maximum absolute atomic E-state index is 10.6. The summed E-state index contributed by atoms with van der Waals surface area (Å²) in [6.45, 7) is 0.801. The molecule has 3 atom stereocenters. The maximum Gasteiger partial charge on any atom is 0.269 e. The number of fused-ring (bicyclic) bond motifs is 1. The molecule has 0 aromatic heterocycles. The van der Waals surface area contributed by atoms with Crippen molar-refractivity contribution in [3.05, 3.63) is 39.9 Å². The predicted molar refractivity (Wildman–Crippen MR) is 70.8 cm³/mol. The van der Waals surface area contributed by atoms with Crippen LogP contribution < -0.4 is 0 Å². The molecule has 4 nitrogen and oxygen atoms in total. The molecule has 96 valence electrons. The molecule has 1 unspecified atom stereocenters. The second-order valence-corrected chi connectivity index (χ2v) is 6.14. The number of hydrogen-bond acceptors (Lipinski definition) is 4. The van der Waals surface area contributed by atoms with Crippen LogP contribution >= 0.6 is 11.8 Å². The Bertz CT molecular complexity index is 448. The van der Waals surface area contributed by atoms with Crippen molar-refractivity contribution in [3.8, 4) is 0 Å². The molecule has 2 heterocycles. The predicted octanol–water partition coefficient (Wildman–Crippen LogP) is 3.18. The molecule has 0 N–H and O–H groups in total. The van der Waals surface area contributed by atoms with Crippen molar-refractivity contribution < 1.29 is 9.66 Å². The first kappa shape index (κ1) is 12.0. The smallest absolute Gasteiger partial charge is 0.269 e. The number of nitro groups is 1. The Balaban J connectivity index is 1.82. The van der Waals surface area contributed by atoms with E-state index in [9.17, 15) is 10.1 Å². The number of hydrogen-bond donors (Lipinski definition) is 0. The van der Waals surface area contributed by atoms with Gasteiger partial charge in [0, 0.05) is 29.9 Å². The van der Waals surface area contributed by atoms with Gasteiger partial charge in [0.25, 0.3) is 5.69 Å². The Morgan fingerprint density at radius 2 is 2.06 bits per heavy atom. The quantitative estimate of drug-likeness (QED) is 0.608. The van der Waals surface area contributed by atoms with E-state index in [4.69, 9.17) is 4.74 Å². The molecule has 2 aliphatic rings. The van der Waals surface area contributed by atoms with Gasteiger partial charge in [0.1, 0.15) is 0 Å². The molecule has 0 bridgehead atoms. The van der Waals surface area contributed by atoms with Gasteiger partial charge < -0.3 is 4.74 Å². The lowest BCUT2D eigenvalue weighted by Crippen LogP contribution is -2.29. The second-order valence-electron chi connectivity index (χ2n) is 4.79. The van der Waals surface area contributed by atoms with E-state index in [-0.39, 0.29) is 16.7 Å². The molecule has 2 saturated heterocycles. The molecule has 2 aliphatic heterocycles. The lowest BCUT2D eigenvalue weighted by Gasteiger charge is -2.33. The number of thioether (sulfide) groups is 1. The van der Waals surface area contributed by atoms with Gasteiger partial charge in [0.15, 0.2) is 0 Å². The Morgan fingerprint density at radius 1 is 1.28 bits per heavy atom. The first-order valence-electron chi connectivity index (χ1n) is 6.23. The van der Waals surface area contributed by atoms with Crippen LogP contribution in [-0.4, -0.2) is 22.5 Å². The molecule has 5 heteroatoms. The summed E-state index contributed by atoms with van der Waals surface area (Å²) in [6, 6.07) is 6.83. The van der Waals surface area contributed by atoms with Crippen LogP contribution in [0.15, 0.2) is 24.3 Å². The van der Waals surface area contributed by atoms with E-state index in [1.165, 1.54) is 12.2 Å². The Morgan fingerprint density at radius 3 is 2.78 bits per heavy atom. The van der Waals surface area contributed by atoms with Crippen LogP contribution in [0, 0.1) is 16.0 Å². The van der Waals surface area contributed by atoms with Gasteiger partial charge in [-0.05, 0) is 36.3 Å². The molecule has 1 aromatic rings. The van der Waals surface area contributed by atoms with Crippen molar-refractivity contribution in [3.63, 3.8) is 0 Å². The van der Waals surface area contributed by atoms with E-state index in [0.29, 0.717) is 11.2 Å². The van der Waals surface area contributed by atoms with E-state index in [1.54, 1.807) is 12.1 Å². The third kappa shape index (κ3) is 2.12. The van der Waals surface area contributed by atoms with Crippen LogP contribution in [0.4, 0.5) is 5.69 Å². The first-order valence-corrected chi connectivity index (χ1v) is 7.28. The number of nitro benzene ring substituents is 1. The van der Waals surface area contributed by atoms with Crippen molar-refractivity contribution >= 4 is 17.4 Å².